The highest BCUT2D eigenvalue weighted by molar-refractivity contribution is 9.10. The summed E-state index contributed by atoms with van der Waals surface area (Å²) >= 11 is 3.37. The molecule has 1 unspecified atom stereocenters. The number of anilines is 1. The average molecular weight is 574 g/mol. The molecule has 8 heteroatoms. The highest BCUT2D eigenvalue weighted by atomic mass is 79.9. The number of allylic oxidation sites excluding steroid dienone is 2. The fourth-order valence-corrected chi connectivity index (χ4v) is 5.38. The molecule has 0 radical (unpaired) electrons. The largest absolute Gasteiger partial charge is 0.496 e. The maximum Gasteiger partial charge on any atom is 0.235 e. The predicted octanol–water partition coefficient (Wildman–Crippen LogP) is 6.25. The molecule has 1 aliphatic carbocycles. The van der Waals surface area contributed by atoms with Gasteiger partial charge in [-0.25, -0.2) is 4.98 Å². The molecule has 0 saturated carbocycles. The second-order valence-electron chi connectivity index (χ2n) is 9.37. The van der Waals surface area contributed by atoms with Crippen LogP contribution in [0.4, 0.5) is 5.82 Å². The number of aromatic nitrogens is 1. The number of pyridine rings is 1. The van der Waals surface area contributed by atoms with E-state index in [1.165, 1.54) is 0 Å². The number of benzene rings is 2. The Bertz CT molecular complexity index is 1420. The summed E-state index contributed by atoms with van der Waals surface area (Å²) in [7, 11) is 1.62. The van der Waals surface area contributed by atoms with E-state index in [9.17, 15) is 9.59 Å². The van der Waals surface area contributed by atoms with Crippen molar-refractivity contribution in [3.63, 3.8) is 0 Å². The van der Waals surface area contributed by atoms with Gasteiger partial charge in [0.05, 0.1) is 13.0 Å². The SMILES string of the molecule is COc1ccc([C@H]2C3=C(CCCC3=O)N=C(C)C2C(=O)Nc2ccc(Br)cn2)cc1COc1ccccc1. The summed E-state index contributed by atoms with van der Waals surface area (Å²) in [6.07, 6.45) is 3.56. The molecule has 2 heterocycles. The lowest BCUT2D eigenvalue weighted by Gasteiger charge is -2.35. The zero-order valence-corrected chi connectivity index (χ0v) is 22.8. The molecule has 0 bridgehead atoms. The smallest absolute Gasteiger partial charge is 0.235 e. The van der Waals surface area contributed by atoms with Crippen LogP contribution in [0.25, 0.3) is 0 Å². The van der Waals surface area contributed by atoms with Crippen LogP contribution in [0, 0.1) is 5.92 Å². The molecule has 0 spiro atoms. The quantitative estimate of drug-likeness (QED) is 0.360. The van der Waals surface area contributed by atoms with Crippen molar-refractivity contribution in [2.24, 2.45) is 10.9 Å². The lowest BCUT2D eigenvalue weighted by atomic mass is 9.71. The van der Waals surface area contributed by atoms with Crippen LogP contribution in [0.2, 0.25) is 0 Å². The van der Waals surface area contributed by atoms with E-state index >= 15 is 0 Å². The lowest BCUT2D eigenvalue weighted by Crippen LogP contribution is -2.39. The fraction of sp³-hybridized carbons (Fsp3) is 0.267. The van der Waals surface area contributed by atoms with Crippen LogP contribution < -0.4 is 14.8 Å². The van der Waals surface area contributed by atoms with E-state index in [4.69, 9.17) is 14.5 Å². The predicted molar refractivity (Wildman–Crippen MR) is 150 cm³/mol. The summed E-state index contributed by atoms with van der Waals surface area (Å²) in [4.78, 5) is 36.0. The summed E-state index contributed by atoms with van der Waals surface area (Å²) in [6, 6.07) is 18.9. The second kappa shape index (κ2) is 11.3. The standard InChI is InChI=1S/C30H28BrN3O4/c1-18-27(30(36)34-26-14-12-21(31)16-32-26)28(29-23(33-18)9-6-10-24(29)35)19-11-13-25(37-2)20(15-19)17-38-22-7-4-3-5-8-22/h3-5,7-8,11-16,27-28H,6,9-10,17H2,1-2H3,(H,32,34,36)/t27?,28-/m1/s1. The van der Waals surface area contributed by atoms with Gasteiger partial charge in [-0.2, -0.15) is 0 Å². The molecule has 194 valence electrons. The Kier molecular flexibility index (Phi) is 7.69. The molecule has 2 atom stereocenters. The number of para-hydroxylation sites is 1. The number of amides is 1. The molecule has 2 aromatic carbocycles. The van der Waals surface area contributed by atoms with Gasteiger partial charge in [0.15, 0.2) is 5.78 Å². The summed E-state index contributed by atoms with van der Waals surface area (Å²) in [6.45, 7) is 2.14. The lowest BCUT2D eigenvalue weighted by molar-refractivity contribution is -0.119. The number of methoxy groups -OCH3 is 1. The molecule has 1 aliphatic heterocycles. The molecule has 1 amide bonds. The van der Waals surface area contributed by atoms with E-state index in [0.29, 0.717) is 29.3 Å². The van der Waals surface area contributed by atoms with Gasteiger partial charge >= 0.3 is 0 Å². The summed E-state index contributed by atoms with van der Waals surface area (Å²) in [5.41, 5.74) is 3.76. The minimum absolute atomic E-state index is 0.0463. The Morgan fingerprint density at radius 3 is 2.66 bits per heavy atom. The van der Waals surface area contributed by atoms with Gasteiger partial charge in [0, 0.05) is 45.6 Å². The number of halogens is 1. The second-order valence-corrected chi connectivity index (χ2v) is 10.3. The van der Waals surface area contributed by atoms with Crippen molar-refractivity contribution in [1.82, 2.24) is 4.98 Å². The number of aliphatic imine (C=N–C) groups is 1. The Balaban J connectivity index is 1.53. The van der Waals surface area contributed by atoms with E-state index in [1.54, 1.807) is 19.4 Å². The van der Waals surface area contributed by atoms with Gasteiger partial charge in [-0.05, 0) is 77.7 Å². The maximum atomic E-state index is 13.7. The van der Waals surface area contributed by atoms with Crippen molar-refractivity contribution >= 4 is 39.1 Å². The van der Waals surface area contributed by atoms with Gasteiger partial charge in [-0.3, -0.25) is 14.6 Å². The van der Waals surface area contributed by atoms with Crippen LogP contribution in [-0.4, -0.2) is 29.5 Å². The number of ether oxygens (including phenoxy) is 2. The fourth-order valence-electron chi connectivity index (χ4n) is 5.14. The first-order valence-corrected chi connectivity index (χ1v) is 13.3. The highest BCUT2D eigenvalue weighted by Crippen LogP contribution is 2.44. The van der Waals surface area contributed by atoms with Crippen LogP contribution in [0.5, 0.6) is 11.5 Å². The first-order valence-electron chi connectivity index (χ1n) is 12.5. The van der Waals surface area contributed by atoms with Crippen molar-refractivity contribution in [3.05, 3.63) is 93.7 Å². The number of rotatable bonds is 7. The molecular formula is C30H28BrN3O4. The zero-order valence-electron chi connectivity index (χ0n) is 21.2. The average Bonchev–Trinajstić information content (AvgIpc) is 2.93. The number of nitrogens with zero attached hydrogens (tertiary/aromatic N) is 2. The molecule has 3 aromatic rings. The Hall–Kier alpha value is -3.78. The van der Waals surface area contributed by atoms with Gasteiger partial charge in [0.25, 0.3) is 0 Å². The topological polar surface area (TPSA) is 89.9 Å². The molecule has 2 aliphatic rings. The van der Waals surface area contributed by atoms with Crippen molar-refractivity contribution in [3.8, 4) is 11.5 Å². The molecular weight excluding hydrogens is 546 g/mol. The van der Waals surface area contributed by atoms with Gasteiger partial charge in [-0.1, -0.05) is 24.3 Å². The van der Waals surface area contributed by atoms with Crippen LogP contribution in [0.1, 0.15) is 43.2 Å². The van der Waals surface area contributed by atoms with Crippen molar-refractivity contribution in [1.29, 1.82) is 0 Å². The number of ketones is 1. The number of hydrogen-bond donors (Lipinski definition) is 1. The highest BCUT2D eigenvalue weighted by Gasteiger charge is 2.42. The van der Waals surface area contributed by atoms with Gasteiger partial charge < -0.3 is 14.8 Å². The molecule has 7 nitrogen and oxygen atoms in total. The van der Waals surface area contributed by atoms with Crippen molar-refractivity contribution < 1.29 is 19.1 Å². The number of hydrogen-bond acceptors (Lipinski definition) is 6. The van der Waals surface area contributed by atoms with Gasteiger partial charge in [0.2, 0.25) is 5.91 Å². The van der Waals surface area contributed by atoms with E-state index in [0.717, 1.165) is 39.9 Å². The number of Topliss-reactive ketones (excluding diaryl/α,β-unsaturated/α-hetero) is 1. The van der Waals surface area contributed by atoms with E-state index in [1.807, 2.05) is 61.5 Å². The number of carbonyl (C=O) groups excluding carboxylic acids is 2. The molecule has 1 N–H and O–H groups in total. The molecule has 38 heavy (non-hydrogen) atoms. The monoisotopic (exact) mass is 573 g/mol. The minimum atomic E-state index is -0.669. The molecule has 1 aromatic heterocycles. The summed E-state index contributed by atoms with van der Waals surface area (Å²) in [5.74, 6) is 0.497. The third-order valence-electron chi connectivity index (χ3n) is 6.90. The zero-order chi connectivity index (χ0) is 26.6. The summed E-state index contributed by atoms with van der Waals surface area (Å²) < 4.78 is 12.4. The van der Waals surface area contributed by atoms with E-state index < -0.39 is 11.8 Å². The molecule has 5 rings (SSSR count). The van der Waals surface area contributed by atoms with Crippen LogP contribution >= 0.6 is 15.9 Å². The molecule has 0 fully saturated rings. The number of carbonyl (C=O) groups is 2. The first kappa shape index (κ1) is 25.9. The Labute approximate surface area is 230 Å². The maximum absolute atomic E-state index is 13.7. The Morgan fingerprint density at radius 1 is 1.11 bits per heavy atom. The van der Waals surface area contributed by atoms with Crippen LogP contribution in [-0.2, 0) is 16.2 Å². The summed E-state index contributed by atoms with van der Waals surface area (Å²) in [5, 5.41) is 2.93. The Morgan fingerprint density at radius 2 is 1.92 bits per heavy atom. The van der Waals surface area contributed by atoms with Crippen LogP contribution in [0.3, 0.4) is 0 Å². The van der Waals surface area contributed by atoms with Crippen molar-refractivity contribution in [2.45, 2.75) is 38.7 Å². The van der Waals surface area contributed by atoms with Gasteiger partial charge in [0.1, 0.15) is 23.9 Å². The van der Waals surface area contributed by atoms with Crippen LogP contribution in [0.15, 0.2) is 87.6 Å². The van der Waals surface area contributed by atoms with Crippen molar-refractivity contribution in [2.75, 3.05) is 12.4 Å². The third-order valence-corrected chi connectivity index (χ3v) is 7.37. The van der Waals surface area contributed by atoms with E-state index in [2.05, 4.69) is 26.2 Å². The normalized spacial score (nSPS) is 18.9. The van der Waals surface area contributed by atoms with E-state index in [-0.39, 0.29) is 18.3 Å². The minimum Gasteiger partial charge on any atom is -0.496 e. The first-order chi connectivity index (χ1) is 18.4. The van der Waals surface area contributed by atoms with Gasteiger partial charge in [-0.15, -0.1) is 0 Å². The number of nitrogens with one attached hydrogen (secondary N) is 1. The third kappa shape index (κ3) is 5.41. The molecule has 0 saturated heterocycles.